The van der Waals surface area contributed by atoms with Crippen LogP contribution in [0.25, 0.3) is 0 Å². The molecule has 0 fully saturated rings. The van der Waals surface area contributed by atoms with Gasteiger partial charge < -0.3 is 10.1 Å². The lowest BCUT2D eigenvalue weighted by Gasteiger charge is -2.24. The van der Waals surface area contributed by atoms with Gasteiger partial charge in [0.15, 0.2) is 5.69 Å². The van der Waals surface area contributed by atoms with Crippen LogP contribution in [0.5, 0.6) is 0 Å². The molecule has 1 aromatic heterocycles. The highest BCUT2D eigenvalue weighted by Gasteiger charge is 2.27. The number of amides is 1. The molecule has 0 saturated heterocycles. The first kappa shape index (κ1) is 16.4. The molecule has 132 valence electrons. The number of fused-ring (bicyclic) bond motifs is 1. The van der Waals surface area contributed by atoms with Crippen LogP contribution in [0.2, 0.25) is 0 Å². The van der Waals surface area contributed by atoms with E-state index in [1.54, 1.807) is 22.9 Å². The maximum Gasteiger partial charge on any atom is 0.274 e. The van der Waals surface area contributed by atoms with E-state index in [1.165, 1.54) is 6.07 Å². The number of aromatic nitrogens is 3. The van der Waals surface area contributed by atoms with E-state index in [0.29, 0.717) is 17.8 Å². The molecular formula is C19H17FN4O2. The second-order valence-corrected chi connectivity index (χ2v) is 6.05. The van der Waals surface area contributed by atoms with E-state index in [4.69, 9.17) is 4.74 Å². The smallest absolute Gasteiger partial charge is 0.274 e. The Kier molecular flexibility index (Phi) is 4.45. The van der Waals surface area contributed by atoms with Crippen LogP contribution in [0.1, 0.15) is 33.4 Å². The maximum atomic E-state index is 13.7. The first-order valence-electron chi connectivity index (χ1n) is 8.33. The van der Waals surface area contributed by atoms with Crippen molar-refractivity contribution in [1.82, 2.24) is 20.3 Å². The van der Waals surface area contributed by atoms with Gasteiger partial charge >= 0.3 is 0 Å². The zero-order valence-electron chi connectivity index (χ0n) is 13.9. The van der Waals surface area contributed by atoms with Gasteiger partial charge in [-0.05, 0) is 11.6 Å². The molecule has 0 aliphatic carbocycles. The fraction of sp³-hybridized carbons (Fsp3) is 0.211. The number of nitrogens with zero attached hydrogens (tertiary/aromatic N) is 3. The summed E-state index contributed by atoms with van der Waals surface area (Å²) in [6.45, 7) is 0.827. The average molecular weight is 352 g/mol. The summed E-state index contributed by atoms with van der Waals surface area (Å²) in [5, 5.41) is 10.8. The van der Waals surface area contributed by atoms with E-state index in [-0.39, 0.29) is 30.8 Å². The Morgan fingerprint density at radius 1 is 1.19 bits per heavy atom. The predicted molar refractivity (Wildman–Crippen MR) is 91.6 cm³/mol. The van der Waals surface area contributed by atoms with Crippen LogP contribution in [-0.4, -0.2) is 20.9 Å². The number of carbonyl (C=O) groups excluding carboxylic acids is 1. The van der Waals surface area contributed by atoms with Crippen molar-refractivity contribution < 1.29 is 13.9 Å². The summed E-state index contributed by atoms with van der Waals surface area (Å²) in [5.74, 6) is -0.747. The third-order valence-electron chi connectivity index (χ3n) is 4.38. The van der Waals surface area contributed by atoms with E-state index < -0.39 is 5.91 Å². The van der Waals surface area contributed by atoms with Crippen LogP contribution in [-0.2, 0) is 24.4 Å². The van der Waals surface area contributed by atoms with Gasteiger partial charge in [0.2, 0.25) is 0 Å². The lowest BCUT2D eigenvalue weighted by molar-refractivity contribution is -0.00177. The Balaban J connectivity index is 1.46. The lowest BCUT2D eigenvalue weighted by atomic mass is 10.1. The van der Waals surface area contributed by atoms with Crippen LogP contribution < -0.4 is 5.32 Å². The molecule has 1 unspecified atom stereocenters. The minimum absolute atomic E-state index is 0.0886. The number of halogens is 1. The summed E-state index contributed by atoms with van der Waals surface area (Å²) in [7, 11) is 0. The zero-order valence-corrected chi connectivity index (χ0v) is 13.9. The second-order valence-electron chi connectivity index (χ2n) is 6.05. The van der Waals surface area contributed by atoms with Gasteiger partial charge in [0, 0.05) is 12.1 Å². The first-order valence-corrected chi connectivity index (χ1v) is 8.33. The largest absolute Gasteiger partial charge is 0.365 e. The van der Waals surface area contributed by atoms with Crippen molar-refractivity contribution in [2.75, 3.05) is 0 Å². The SMILES string of the molecule is O=C(NCc1ccccc1F)c1nnn2c1COC(c1ccccc1)C2. The quantitative estimate of drug-likeness (QED) is 0.784. The summed E-state index contributed by atoms with van der Waals surface area (Å²) >= 11 is 0. The molecule has 0 radical (unpaired) electrons. The number of hydrogen-bond donors (Lipinski definition) is 1. The topological polar surface area (TPSA) is 69.0 Å². The van der Waals surface area contributed by atoms with Crippen LogP contribution in [0.15, 0.2) is 54.6 Å². The van der Waals surface area contributed by atoms with Crippen LogP contribution >= 0.6 is 0 Å². The van der Waals surface area contributed by atoms with Crippen molar-refractivity contribution in [1.29, 1.82) is 0 Å². The first-order chi connectivity index (χ1) is 12.7. The molecule has 1 N–H and O–H groups in total. The third kappa shape index (κ3) is 3.21. The molecule has 2 heterocycles. The Morgan fingerprint density at radius 2 is 1.96 bits per heavy atom. The van der Waals surface area contributed by atoms with Crippen molar-refractivity contribution in [2.24, 2.45) is 0 Å². The van der Waals surface area contributed by atoms with Gasteiger partial charge in [-0.15, -0.1) is 5.10 Å². The Labute approximate surface area is 149 Å². The molecule has 7 heteroatoms. The fourth-order valence-electron chi connectivity index (χ4n) is 2.96. The molecule has 0 spiro atoms. The van der Waals surface area contributed by atoms with Gasteiger partial charge in [-0.2, -0.15) is 0 Å². The number of benzene rings is 2. The maximum absolute atomic E-state index is 13.7. The number of rotatable bonds is 4. The standard InChI is InChI=1S/C19H17FN4O2/c20-15-9-5-4-8-14(15)10-21-19(25)18-16-12-26-17(11-24(16)23-22-18)13-6-2-1-3-7-13/h1-9,17H,10-12H2,(H,21,25). The number of nitrogens with one attached hydrogen (secondary N) is 1. The minimum atomic E-state index is -0.392. The van der Waals surface area contributed by atoms with Crippen molar-refractivity contribution >= 4 is 5.91 Å². The monoisotopic (exact) mass is 352 g/mol. The van der Waals surface area contributed by atoms with Gasteiger partial charge in [0.25, 0.3) is 5.91 Å². The fourth-order valence-corrected chi connectivity index (χ4v) is 2.96. The highest BCUT2D eigenvalue weighted by atomic mass is 19.1. The molecule has 0 bridgehead atoms. The molecule has 1 atom stereocenters. The second kappa shape index (κ2) is 7.05. The Bertz CT molecular complexity index is 926. The van der Waals surface area contributed by atoms with E-state index in [1.807, 2.05) is 30.3 Å². The molecule has 1 aliphatic rings. The summed E-state index contributed by atoms with van der Waals surface area (Å²) in [5.41, 5.74) is 2.32. The van der Waals surface area contributed by atoms with E-state index in [2.05, 4.69) is 15.6 Å². The van der Waals surface area contributed by atoms with Crippen molar-refractivity contribution in [3.8, 4) is 0 Å². The molecule has 6 nitrogen and oxygen atoms in total. The highest BCUT2D eigenvalue weighted by Crippen LogP contribution is 2.26. The van der Waals surface area contributed by atoms with E-state index in [9.17, 15) is 9.18 Å². The number of carbonyl (C=O) groups is 1. The van der Waals surface area contributed by atoms with Crippen LogP contribution in [0, 0.1) is 5.82 Å². The molecule has 1 aliphatic heterocycles. The molecule has 26 heavy (non-hydrogen) atoms. The Morgan fingerprint density at radius 3 is 2.77 bits per heavy atom. The molecule has 1 amide bonds. The van der Waals surface area contributed by atoms with Gasteiger partial charge in [-0.1, -0.05) is 53.7 Å². The van der Waals surface area contributed by atoms with E-state index in [0.717, 1.165) is 5.56 Å². The van der Waals surface area contributed by atoms with Gasteiger partial charge in [0.1, 0.15) is 11.9 Å². The normalized spacial score (nSPS) is 16.1. The lowest BCUT2D eigenvalue weighted by Crippen LogP contribution is -2.27. The third-order valence-corrected chi connectivity index (χ3v) is 4.38. The van der Waals surface area contributed by atoms with Crippen LogP contribution in [0.4, 0.5) is 4.39 Å². The number of hydrogen-bond acceptors (Lipinski definition) is 4. The zero-order chi connectivity index (χ0) is 17.9. The van der Waals surface area contributed by atoms with Gasteiger partial charge in [0.05, 0.1) is 18.8 Å². The minimum Gasteiger partial charge on any atom is -0.365 e. The summed E-state index contributed by atoms with van der Waals surface area (Å²) in [6, 6.07) is 16.2. The van der Waals surface area contributed by atoms with Crippen LogP contribution in [0.3, 0.4) is 0 Å². The van der Waals surface area contributed by atoms with Gasteiger partial charge in [-0.25, -0.2) is 9.07 Å². The average Bonchev–Trinajstić information content (AvgIpc) is 3.11. The van der Waals surface area contributed by atoms with Gasteiger partial charge in [-0.3, -0.25) is 4.79 Å². The molecular weight excluding hydrogens is 335 g/mol. The predicted octanol–water partition coefficient (Wildman–Crippen LogP) is 2.62. The molecule has 4 rings (SSSR count). The summed E-state index contributed by atoms with van der Waals surface area (Å²) in [4.78, 5) is 12.4. The Hall–Kier alpha value is -3.06. The summed E-state index contributed by atoms with van der Waals surface area (Å²) in [6.07, 6.45) is -0.125. The van der Waals surface area contributed by atoms with Crippen molar-refractivity contribution in [3.05, 3.63) is 82.9 Å². The molecule has 3 aromatic rings. The summed E-state index contributed by atoms with van der Waals surface area (Å²) < 4.78 is 21.2. The van der Waals surface area contributed by atoms with E-state index >= 15 is 0 Å². The molecule has 2 aromatic carbocycles. The molecule has 0 saturated carbocycles. The van der Waals surface area contributed by atoms with Crippen molar-refractivity contribution in [3.63, 3.8) is 0 Å². The highest BCUT2D eigenvalue weighted by molar-refractivity contribution is 5.93. The van der Waals surface area contributed by atoms with Crippen molar-refractivity contribution in [2.45, 2.75) is 25.8 Å². The number of ether oxygens (including phenoxy) is 1.